The van der Waals surface area contributed by atoms with Gasteiger partial charge in [0.05, 0.1) is 10.9 Å². The third-order valence-electron chi connectivity index (χ3n) is 5.05. The number of hydrogen-bond acceptors (Lipinski definition) is 3. The molecule has 0 saturated heterocycles. The average Bonchev–Trinajstić information content (AvgIpc) is 3.20. The van der Waals surface area contributed by atoms with Crippen molar-refractivity contribution < 1.29 is 9.59 Å². The van der Waals surface area contributed by atoms with Gasteiger partial charge in [0.2, 0.25) is 0 Å². The number of aromatic amines is 1. The van der Waals surface area contributed by atoms with Gasteiger partial charge in [-0.25, -0.2) is 0 Å². The second-order valence-electron chi connectivity index (χ2n) is 7.30. The summed E-state index contributed by atoms with van der Waals surface area (Å²) in [6.07, 6.45) is 7.75. The Bertz CT molecular complexity index is 1400. The highest BCUT2D eigenvalue weighted by atomic mass is 35.5. The van der Waals surface area contributed by atoms with E-state index in [0.717, 1.165) is 10.8 Å². The van der Waals surface area contributed by atoms with E-state index in [-0.39, 0.29) is 5.57 Å². The van der Waals surface area contributed by atoms with Gasteiger partial charge in [0.1, 0.15) is 0 Å². The van der Waals surface area contributed by atoms with Crippen LogP contribution < -0.4 is 22.0 Å². The standard InChI is InChI=1S/C27H24ClN3O2/c1-3-7-19-14-21(31-23(19)16-29)12-13-24(32)26(27(30)33)25(18-8-5-4-6-9-18)22-15-20(28)11-10-17(22)2/h3-16,31H,1,29H2,2H3,(H2,30,33)/b13-12+,19-7-,23-16+,26-25-. The van der Waals surface area contributed by atoms with Crippen LogP contribution >= 0.6 is 11.6 Å². The van der Waals surface area contributed by atoms with Crippen LogP contribution in [0.15, 0.2) is 78.9 Å². The minimum atomic E-state index is -0.828. The molecular weight excluding hydrogens is 434 g/mol. The zero-order chi connectivity index (χ0) is 24.0. The van der Waals surface area contributed by atoms with Crippen LogP contribution in [0, 0.1) is 6.92 Å². The molecule has 166 valence electrons. The minimum Gasteiger partial charge on any atom is -0.403 e. The Morgan fingerprint density at radius 3 is 2.45 bits per heavy atom. The van der Waals surface area contributed by atoms with Crippen molar-refractivity contribution in [3.8, 4) is 0 Å². The van der Waals surface area contributed by atoms with E-state index in [0.29, 0.717) is 32.8 Å². The van der Waals surface area contributed by atoms with E-state index in [4.69, 9.17) is 23.1 Å². The molecule has 0 aliphatic carbocycles. The van der Waals surface area contributed by atoms with Gasteiger partial charge >= 0.3 is 0 Å². The highest BCUT2D eigenvalue weighted by Gasteiger charge is 2.23. The molecule has 3 rings (SSSR count). The first-order valence-electron chi connectivity index (χ1n) is 10.2. The lowest BCUT2D eigenvalue weighted by Crippen LogP contribution is -2.23. The van der Waals surface area contributed by atoms with E-state index in [1.54, 1.807) is 30.4 Å². The maximum Gasteiger partial charge on any atom is 0.253 e. The number of ketones is 1. The number of hydrogen-bond donors (Lipinski definition) is 3. The topological polar surface area (TPSA) is 102 Å². The van der Waals surface area contributed by atoms with Crippen molar-refractivity contribution in [3.63, 3.8) is 0 Å². The Balaban J connectivity index is 2.20. The number of amides is 1. The van der Waals surface area contributed by atoms with Crippen LogP contribution in [0.4, 0.5) is 0 Å². The fourth-order valence-electron chi connectivity index (χ4n) is 3.52. The molecule has 0 aliphatic heterocycles. The summed E-state index contributed by atoms with van der Waals surface area (Å²) in [7, 11) is 0. The molecule has 0 spiro atoms. The molecule has 1 heterocycles. The number of aromatic nitrogens is 1. The molecule has 0 aliphatic rings. The molecule has 0 saturated carbocycles. The van der Waals surface area contributed by atoms with Crippen LogP contribution in [0.5, 0.6) is 0 Å². The number of nitrogens with one attached hydrogen (secondary N) is 1. The summed E-state index contributed by atoms with van der Waals surface area (Å²) in [4.78, 5) is 28.9. The third-order valence-corrected chi connectivity index (χ3v) is 5.29. The van der Waals surface area contributed by atoms with Crippen molar-refractivity contribution in [1.29, 1.82) is 0 Å². The van der Waals surface area contributed by atoms with E-state index in [1.165, 1.54) is 12.3 Å². The van der Waals surface area contributed by atoms with E-state index in [9.17, 15) is 9.59 Å². The van der Waals surface area contributed by atoms with Gasteiger partial charge in [-0.3, -0.25) is 9.59 Å². The highest BCUT2D eigenvalue weighted by Crippen LogP contribution is 2.32. The fourth-order valence-corrected chi connectivity index (χ4v) is 3.69. The van der Waals surface area contributed by atoms with Gasteiger partial charge in [0, 0.05) is 27.7 Å². The summed E-state index contributed by atoms with van der Waals surface area (Å²) < 4.78 is 0. The largest absolute Gasteiger partial charge is 0.403 e. The zero-order valence-corrected chi connectivity index (χ0v) is 18.9. The number of rotatable bonds is 7. The second-order valence-corrected chi connectivity index (χ2v) is 7.74. The van der Waals surface area contributed by atoms with Crippen molar-refractivity contribution in [2.45, 2.75) is 6.92 Å². The first-order valence-corrected chi connectivity index (χ1v) is 10.6. The van der Waals surface area contributed by atoms with Gasteiger partial charge < -0.3 is 16.5 Å². The molecule has 1 amide bonds. The summed E-state index contributed by atoms with van der Waals surface area (Å²) in [5.74, 6) is -1.35. The second kappa shape index (κ2) is 10.5. The number of primary amides is 1. The molecule has 0 radical (unpaired) electrons. The lowest BCUT2D eigenvalue weighted by atomic mass is 9.88. The predicted octanol–water partition coefficient (Wildman–Crippen LogP) is 3.21. The van der Waals surface area contributed by atoms with Crippen molar-refractivity contribution >= 4 is 47.2 Å². The van der Waals surface area contributed by atoms with E-state index in [2.05, 4.69) is 11.6 Å². The lowest BCUT2D eigenvalue weighted by Gasteiger charge is -2.15. The van der Waals surface area contributed by atoms with Crippen LogP contribution in [-0.2, 0) is 9.59 Å². The summed E-state index contributed by atoms with van der Waals surface area (Å²) in [5, 5.41) is 2.00. The van der Waals surface area contributed by atoms with E-state index in [1.807, 2.05) is 49.4 Å². The van der Waals surface area contributed by atoms with Gasteiger partial charge in [-0.1, -0.05) is 66.7 Å². The number of carbonyl (C=O) groups is 2. The van der Waals surface area contributed by atoms with Crippen molar-refractivity contribution in [1.82, 2.24) is 4.98 Å². The van der Waals surface area contributed by atoms with E-state index >= 15 is 0 Å². The van der Waals surface area contributed by atoms with E-state index < -0.39 is 11.7 Å². The number of aryl methyl sites for hydroxylation is 1. The van der Waals surface area contributed by atoms with Gasteiger partial charge in [-0.05, 0) is 54.0 Å². The van der Waals surface area contributed by atoms with Gasteiger partial charge in [-0.2, -0.15) is 0 Å². The lowest BCUT2D eigenvalue weighted by molar-refractivity contribution is -0.118. The van der Waals surface area contributed by atoms with Crippen molar-refractivity contribution in [2.75, 3.05) is 0 Å². The van der Waals surface area contributed by atoms with Crippen LogP contribution in [0.1, 0.15) is 22.4 Å². The smallest absolute Gasteiger partial charge is 0.253 e. The Hall–Kier alpha value is -4.09. The molecule has 2 aromatic carbocycles. The number of benzene rings is 2. The molecule has 6 heteroatoms. The molecule has 0 fully saturated rings. The molecule has 1 aromatic heterocycles. The van der Waals surface area contributed by atoms with Crippen LogP contribution in [-0.4, -0.2) is 16.7 Å². The third kappa shape index (κ3) is 5.40. The van der Waals surface area contributed by atoms with Crippen molar-refractivity contribution in [2.24, 2.45) is 11.5 Å². The average molecular weight is 458 g/mol. The first-order chi connectivity index (χ1) is 15.8. The van der Waals surface area contributed by atoms with Crippen LogP contribution in [0.3, 0.4) is 0 Å². The maximum absolute atomic E-state index is 13.3. The quantitative estimate of drug-likeness (QED) is 0.288. The predicted molar refractivity (Wildman–Crippen MR) is 135 cm³/mol. The zero-order valence-electron chi connectivity index (χ0n) is 18.1. The molecular formula is C27H24ClN3O2. The Morgan fingerprint density at radius 2 is 1.82 bits per heavy atom. The number of halogens is 1. The number of nitrogens with two attached hydrogens (primary N) is 2. The molecule has 5 N–H and O–H groups in total. The van der Waals surface area contributed by atoms with Gasteiger partial charge in [-0.15, -0.1) is 0 Å². The molecule has 0 bridgehead atoms. The minimum absolute atomic E-state index is 0.127. The molecule has 5 nitrogen and oxygen atoms in total. The van der Waals surface area contributed by atoms with Gasteiger partial charge in [0.15, 0.2) is 5.78 Å². The Morgan fingerprint density at radius 1 is 1.09 bits per heavy atom. The highest BCUT2D eigenvalue weighted by molar-refractivity contribution is 6.32. The molecule has 0 atom stereocenters. The maximum atomic E-state index is 13.3. The number of allylic oxidation sites excluding steroid dienone is 2. The number of carbonyl (C=O) groups excluding carboxylic acids is 2. The van der Waals surface area contributed by atoms with Crippen LogP contribution in [0.2, 0.25) is 5.02 Å². The van der Waals surface area contributed by atoms with Gasteiger partial charge in [0.25, 0.3) is 5.91 Å². The summed E-state index contributed by atoms with van der Waals surface area (Å²) >= 11 is 6.24. The molecule has 3 aromatic rings. The molecule has 33 heavy (non-hydrogen) atoms. The number of H-pyrrole nitrogens is 1. The normalized spacial score (nSPS) is 13.3. The summed E-state index contributed by atoms with van der Waals surface area (Å²) in [6, 6.07) is 16.3. The van der Waals surface area contributed by atoms with Crippen molar-refractivity contribution in [3.05, 3.63) is 117 Å². The molecule has 0 unspecified atom stereocenters. The first kappa shape index (κ1) is 23.6. The Labute approximate surface area is 197 Å². The van der Waals surface area contributed by atoms with Crippen LogP contribution in [0.25, 0.3) is 23.9 Å². The SMILES string of the molecule is C=C/C=c1/cc(/C=C/C(=O)/C(C(N)=O)=C(\c2ccccc2)c2cc(Cl)ccc2C)[nH]/c1=C/N. The fraction of sp³-hybridized carbons (Fsp3) is 0.0370. The Kier molecular flexibility index (Phi) is 7.49. The monoisotopic (exact) mass is 457 g/mol. The summed E-state index contributed by atoms with van der Waals surface area (Å²) in [5.41, 5.74) is 14.5. The summed E-state index contributed by atoms with van der Waals surface area (Å²) in [6.45, 7) is 5.57.